The predicted octanol–water partition coefficient (Wildman–Crippen LogP) is 0.127. The molecule has 0 fully saturated rings. The Balaban J connectivity index is 2.96. The second-order valence-corrected chi connectivity index (χ2v) is 3.63. The van der Waals surface area contributed by atoms with Gasteiger partial charge in [0.1, 0.15) is 5.56 Å². The van der Waals surface area contributed by atoms with Crippen LogP contribution in [0.25, 0.3) is 0 Å². The van der Waals surface area contributed by atoms with Gasteiger partial charge in [-0.3, -0.25) is 20.2 Å². The molecule has 0 aliphatic carbocycles. The van der Waals surface area contributed by atoms with Crippen LogP contribution in [0.5, 0.6) is 5.75 Å². The van der Waals surface area contributed by atoms with Crippen molar-refractivity contribution in [2.24, 2.45) is 0 Å². The van der Waals surface area contributed by atoms with Crippen molar-refractivity contribution in [3.05, 3.63) is 33.9 Å². The fourth-order valence-electron chi connectivity index (χ4n) is 1.35. The Labute approximate surface area is 117 Å². The SMILES string of the molecule is CNC(=O)NC(=O)COc1c(C(=O)O)cccc1[N+](=O)[O-]. The molecule has 0 unspecified atom stereocenters. The van der Waals surface area contributed by atoms with E-state index in [0.29, 0.717) is 0 Å². The monoisotopic (exact) mass is 297 g/mol. The maximum atomic E-state index is 11.3. The summed E-state index contributed by atoms with van der Waals surface area (Å²) in [5.41, 5.74) is -1.06. The second kappa shape index (κ2) is 6.84. The first-order chi connectivity index (χ1) is 9.86. The Morgan fingerprint density at radius 1 is 1.38 bits per heavy atom. The molecular weight excluding hydrogens is 286 g/mol. The van der Waals surface area contributed by atoms with Gasteiger partial charge in [0.25, 0.3) is 5.91 Å². The molecule has 10 heteroatoms. The van der Waals surface area contributed by atoms with E-state index in [-0.39, 0.29) is 0 Å². The summed E-state index contributed by atoms with van der Waals surface area (Å²) in [7, 11) is 1.29. The fourth-order valence-corrected chi connectivity index (χ4v) is 1.35. The van der Waals surface area contributed by atoms with Crippen LogP contribution in [0.3, 0.4) is 0 Å². The first-order valence-electron chi connectivity index (χ1n) is 5.52. The first-order valence-corrected chi connectivity index (χ1v) is 5.52. The molecule has 10 nitrogen and oxygen atoms in total. The summed E-state index contributed by atoms with van der Waals surface area (Å²) in [5, 5.41) is 23.8. The third-order valence-electron chi connectivity index (χ3n) is 2.25. The molecule has 21 heavy (non-hydrogen) atoms. The van der Waals surface area contributed by atoms with E-state index < -0.39 is 46.4 Å². The number of ether oxygens (including phenoxy) is 1. The highest BCUT2D eigenvalue weighted by molar-refractivity contribution is 5.95. The lowest BCUT2D eigenvalue weighted by atomic mass is 10.2. The number of urea groups is 1. The smallest absolute Gasteiger partial charge is 0.339 e. The van der Waals surface area contributed by atoms with Gasteiger partial charge in [-0.2, -0.15) is 0 Å². The van der Waals surface area contributed by atoms with Crippen molar-refractivity contribution >= 4 is 23.6 Å². The van der Waals surface area contributed by atoms with Gasteiger partial charge >= 0.3 is 17.7 Å². The zero-order valence-electron chi connectivity index (χ0n) is 10.8. The molecule has 0 heterocycles. The van der Waals surface area contributed by atoms with Crippen molar-refractivity contribution in [1.29, 1.82) is 0 Å². The highest BCUT2D eigenvalue weighted by atomic mass is 16.6. The van der Waals surface area contributed by atoms with E-state index in [0.717, 1.165) is 12.1 Å². The van der Waals surface area contributed by atoms with E-state index in [1.807, 2.05) is 5.32 Å². The standard InChI is InChI=1S/C11H11N3O7/c1-12-11(18)13-8(15)5-21-9-6(10(16)17)3-2-4-7(9)14(19)20/h2-4H,5H2,1H3,(H,16,17)(H2,12,13,15,18). The number of carboxylic acids is 1. The lowest BCUT2D eigenvalue weighted by molar-refractivity contribution is -0.385. The average molecular weight is 297 g/mol. The molecule has 1 aromatic carbocycles. The number of para-hydroxylation sites is 1. The van der Waals surface area contributed by atoms with Gasteiger partial charge in [0, 0.05) is 13.1 Å². The number of carbonyl (C=O) groups is 3. The number of carboxylic acid groups (broad SMARTS) is 1. The van der Waals surface area contributed by atoms with Crippen molar-refractivity contribution in [3.8, 4) is 5.75 Å². The number of nitrogens with zero attached hydrogens (tertiary/aromatic N) is 1. The number of nitrogens with one attached hydrogen (secondary N) is 2. The second-order valence-electron chi connectivity index (χ2n) is 3.63. The third kappa shape index (κ3) is 4.16. The fraction of sp³-hybridized carbons (Fsp3) is 0.182. The summed E-state index contributed by atoms with van der Waals surface area (Å²) in [6, 6.07) is 2.53. The average Bonchev–Trinajstić information content (AvgIpc) is 2.44. The van der Waals surface area contributed by atoms with Crippen LogP contribution in [-0.4, -0.2) is 41.6 Å². The number of hydrogen-bond acceptors (Lipinski definition) is 6. The van der Waals surface area contributed by atoms with Gasteiger partial charge in [0.15, 0.2) is 6.61 Å². The van der Waals surface area contributed by atoms with Crippen LogP contribution in [0.15, 0.2) is 18.2 Å². The van der Waals surface area contributed by atoms with E-state index in [1.165, 1.54) is 13.1 Å². The minimum Gasteiger partial charge on any atom is -0.478 e. The Morgan fingerprint density at radius 2 is 2.05 bits per heavy atom. The summed E-state index contributed by atoms with van der Waals surface area (Å²) >= 11 is 0. The zero-order valence-corrected chi connectivity index (χ0v) is 10.8. The lowest BCUT2D eigenvalue weighted by Crippen LogP contribution is -2.40. The summed E-state index contributed by atoms with van der Waals surface area (Å²) in [6.45, 7) is -0.751. The number of carbonyl (C=O) groups excluding carboxylic acids is 2. The van der Waals surface area contributed by atoms with Crippen LogP contribution in [0.2, 0.25) is 0 Å². The van der Waals surface area contributed by atoms with Crippen molar-refractivity contribution < 1.29 is 29.2 Å². The van der Waals surface area contributed by atoms with Gasteiger partial charge in [-0.05, 0) is 6.07 Å². The molecule has 0 atom stereocenters. The minimum atomic E-state index is -1.44. The van der Waals surface area contributed by atoms with Crippen LogP contribution in [0.1, 0.15) is 10.4 Å². The summed E-state index contributed by atoms with van der Waals surface area (Å²) in [5.74, 6) is -2.88. The third-order valence-corrected chi connectivity index (χ3v) is 2.25. The summed E-state index contributed by atoms with van der Waals surface area (Å²) in [4.78, 5) is 43.2. The molecule has 0 radical (unpaired) electrons. The Bertz CT molecular complexity index is 567. The van der Waals surface area contributed by atoms with E-state index >= 15 is 0 Å². The van der Waals surface area contributed by atoms with Crippen LogP contribution in [0, 0.1) is 10.1 Å². The molecule has 0 aliphatic heterocycles. The number of amides is 3. The first kappa shape index (κ1) is 15.9. The minimum absolute atomic E-state index is 0.461. The van der Waals surface area contributed by atoms with Gasteiger partial charge in [-0.25, -0.2) is 9.59 Å². The molecule has 0 saturated heterocycles. The molecule has 0 aromatic heterocycles. The molecule has 0 bridgehead atoms. The number of nitro benzene ring substituents is 1. The quantitative estimate of drug-likeness (QED) is 0.516. The van der Waals surface area contributed by atoms with Crippen molar-refractivity contribution in [3.63, 3.8) is 0 Å². The summed E-state index contributed by atoms with van der Waals surface area (Å²) < 4.78 is 4.88. The van der Waals surface area contributed by atoms with Crippen molar-refractivity contribution in [2.45, 2.75) is 0 Å². The van der Waals surface area contributed by atoms with Crippen LogP contribution < -0.4 is 15.4 Å². The Kier molecular flexibility index (Phi) is 5.17. The molecule has 112 valence electrons. The van der Waals surface area contributed by atoms with E-state index in [9.17, 15) is 24.5 Å². The van der Waals surface area contributed by atoms with Gasteiger partial charge in [-0.1, -0.05) is 6.07 Å². The molecule has 1 aromatic rings. The number of rotatable bonds is 5. The molecule has 3 N–H and O–H groups in total. The Hall–Kier alpha value is -3.17. The Morgan fingerprint density at radius 3 is 2.57 bits per heavy atom. The number of hydrogen-bond donors (Lipinski definition) is 3. The van der Waals surface area contributed by atoms with Gasteiger partial charge in [-0.15, -0.1) is 0 Å². The van der Waals surface area contributed by atoms with Crippen molar-refractivity contribution in [1.82, 2.24) is 10.6 Å². The number of nitro groups is 1. The predicted molar refractivity (Wildman–Crippen MR) is 68.1 cm³/mol. The molecule has 0 spiro atoms. The van der Waals surface area contributed by atoms with Gasteiger partial charge < -0.3 is 15.2 Å². The molecule has 0 saturated carbocycles. The number of imide groups is 1. The topological polar surface area (TPSA) is 148 Å². The molecular formula is C11H11N3O7. The lowest BCUT2D eigenvalue weighted by Gasteiger charge is -2.09. The maximum Gasteiger partial charge on any atom is 0.339 e. The van der Waals surface area contributed by atoms with Crippen LogP contribution in [0.4, 0.5) is 10.5 Å². The number of benzene rings is 1. The van der Waals surface area contributed by atoms with Crippen molar-refractivity contribution in [2.75, 3.05) is 13.7 Å². The molecule has 3 amide bonds. The van der Waals surface area contributed by atoms with Crippen LogP contribution in [-0.2, 0) is 4.79 Å². The van der Waals surface area contributed by atoms with E-state index in [1.54, 1.807) is 0 Å². The van der Waals surface area contributed by atoms with Gasteiger partial charge in [0.05, 0.1) is 4.92 Å². The molecule has 0 aliphatic rings. The van der Waals surface area contributed by atoms with E-state index in [2.05, 4.69) is 5.32 Å². The maximum absolute atomic E-state index is 11.3. The number of aromatic carboxylic acids is 1. The zero-order chi connectivity index (χ0) is 16.0. The molecule has 1 rings (SSSR count). The highest BCUT2D eigenvalue weighted by Crippen LogP contribution is 2.30. The van der Waals surface area contributed by atoms with E-state index in [4.69, 9.17) is 9.84 Å². The van der Waals surface area contributed by atoms with Crippen LogP contribution >= 0.6 is 0 Å². The van der Waals surface area contributed by atoms with Gasteiger partial charge in [0.2, 0.25) is 5.75 Å². The highest BCUT2D eigenvalue weighted by Gasteiger charge is 2.23. The largest absolute Gasteiger partial charge is 0.478 e. The normalized spacial score (nSPS) is 9.57. The summed E-state index contributed by atoms with van der Waals surface area (Å²) in [6.07, 6.45) is 0.